The first-order valence-corrected chi connectivity index (χ1v) is 34.3. The third-order valence-corrected chi connectivity index (χ3v) is 24.5. The van der Waals surface area contributed by atoms with Crippen molar-refractivity contribution in [3.63, 3.8) is 0 Å². The van der Waals surface area contributed by atoms with Crippen molar-refractivity contribution in [2.75, 3.05) is 39.6 Å². The second kappa shape index (κ2) is 29.4. The summed E-state index contributed by atoms with van der Waals surface area (Å²) in [6, 6.07) is 0. The number of ketones is 1. The highest BCUT2D eigenvalue weighted by Gasteiger charge is 2.73. The normalized spacial score (nSPS) is 57.2. The Bertz CT molecular complexity index is 2630. The highest BCUT2D eigenvalue weighted by Crippen LogP contribution is 2.70. The van der Waals surface area contributed by atoms with Gasteiger partial charge in [0.15, 0.2) is 43.5 Å². The van der Waals surface area contributed by atoms with Crippen molar-refractivity contribution in [1.82, 2.24) is 0 Å². The third-order valence-electron chi connectivity index (χ3n) is 24.5. The van der Waals surface area contributed by atoms with Crippen LogP contribution in [0.3, 0.4) is 0 Å². The van der Waals surface area contributed by atoms with Crippen LogP contribution in [0.15, 0.2) is 0 Å². The average Bonchev–Trinajstić information content (AvgIpc) is 1.56. The minimum Gasteiger partial charge on any atom is -0.394 e. The molecule has 0 unspecified atom stereocenters. The van der Waals surface area contributed by atoms with Gasteiger partial charge < -0.3 is 163 Å². The van der Waals surface area contributed by atoms with Gasteiger partial charge in [0.1, 0.15) is 146 Å². The zero-order valence-electron chi connectivity index (χ0n) is 54.6. The molecule has 4 saturated carbocycles. The molecule has 8 aliphatic heterocycles. The number of hydrogen-bond acceptors (Lipinski definition) is 34. The zero-order valence-corrected chi connectivity index (χ0v) is 54.6. The molecule has 558 valence electrons. The van der Waals surface area contributed by atoms with E-state index in [-0.39, 0.29) is 53.8 Å². The molecule has 0 bridgehead atoms. The summed E-state index contributed by atoms with van der Waals surface area (Å²) in [6.07, 6.45) is -55.5. The Morgan fingerprint density at radius 3 is 1.48 bits per heavy atom. The summed E-state index contributed by atoms with van der Waals surface area (Å²) in [6.45, 7) is 5.43. The van der Waals surface area contributed by atoms with Crippen molar-refractivity contribution in [2.24, 2.45) is 52.3 Å². The summed E-state index contributed by atoms with van der Waals surface area (Å²) in [5.74, 6) is -0.547. The van der Waals surface area contributed by atoms with Gasteiger partial charge in [0.2, 0.25) is 0 Å². The lowest BCUT2D eigenvalue weighted by Gasteiger charge is -2.62. The molecule has 12 aliphatic rings. The molecule has 8 heterocycles. The van der Waals surface area contributed by atoms with Crippen LogP contribution < -0.4 is 0 Å². The van der Waals surface area contributed by atoms with E-state index in [1.165, 1.54) is 6.92 Å². The molecule has 0 radical (unpaired) electrons. The van der Waals surface area contributed by atoms with E-state index in [0.29, 0.717) is 44.6 Å². The number of aliphatic hydroxyl groups excluding tert-OH is 19. The van der Waals surface area contributed by atoms with E-state index in [1.807, 2.05) is 0 Å². The minimum atomic E-state index is -2.31. The number of fused-ring (bicyclic) bond motifs is 7. The fourth-order valence-electron chi connectivity index (χ4n) is 18.8. The van der Waals surface area contributed by atoms with Crippen LogP contribution in [0.2, 0.25) is 0 Å². The molecule has 12 rings (SSSR count). The van der Waals surface area contributed by atoms with E-state index in [0.717, 1.165) is 12.8 Å². The monoisotopic (exact) mass is 1400 g/mol. The van der Waals surface area contributed by atoms with Crippen LogP contribution in [-0.2, 0) is 71.1 Å². The van der Waals surface area contributed by atoms with E-state index in [4.69, 9.17) is 66.3 Å². The highest BCUT2D eigenvalue weighted by atomic mass is 16.8. The summed E-state index contributed by atoms with van der Waals surface area (Å²) in [4.78, 5) is 14.9. The van der Waals surface area contributed by atoms with E-state index in [1.54, 1.807) is 0 Å². The van der Waals surface area contributed by atoms with Crippen molar-refractivity contribution >= 4 is 5.78 Å². The van der Waals surface area contributed by atoms with Crippen LogP contribution in [0, 0.1) is 52.3 Å². The molecule has 34 nitrogen and oxygen atoms in total. The van der Waals surface area contributed by atoms with E-state index in [9.17, 15) is 102 Å². The van der Waals surface area contributed by atoms with Gasteiger partial charge in [-0.25, -0.2) is 0 Å². The molecule has 0 aromatic carbocycles. The number of Topliss-reactive ketones (excluding diaryl/α,β-unsaturated/α-hetero) is 1. The van der Waals surface area contributed by atoms with Gasteiger partial charge in [-0.1, -0.05) is 27.7 Å². The van der Waals surface area contributed by atoms with Gasteiger partial charge in [-0.2, -0.15) is 0 Å². The largest absolute Gasteiger partial charge is 0.394 e. The molecular formula is C63H102O34. The van der Waals surface area contributed by atoms with Crippen LogP contribution in [0.1, 0.15) is 86.0 Å². The van der Waals surface area contributed by atoms with Crippen LogP contribution in [0.5, 0.6) is 0 Å². The van der Waals surface area contributed by atoms with Crippen LogP contribution in [0.25, 0.3) is 0 Å². The SMILES string of the molecule is C[C@@H]1CC[C@@]2(OC1)O[C@H]1C[C@H]3[C@@H]4C[C@H](O)[C@H]5C[C@@H](O[C@@H]6O[C@H](CO)[C@H](O[C@@H]7O[C@H](CO)[C@@H](O)[C@H](O[C@@H]8O[C@H](CO)[C@@H](O[C@@H]9O[C@@H](C)[C@H](O)[C@@H](O)[C@H]9O)[C@H](O)[C@H]8O)[C@H]7O[C@@H]7O[C@H](CO)[C@@H](O)[C@H](O[C@@H]8O[C@H](CO)[C@@H](O)[C@H](O)[C@H]8O)[C@H]7O)[C@H](O)[C@H]6O)CC[C@]5(C)[C@H]4CC(=O)[C@]3(C)[C@H]1[C@@H]2C. The molecule has 97 heavy (non-hydrogen) atoms. The van der Waals surface area contributed by atoms with E-state index < -0.39 is 246 Å². The van der Waals surface area contributed by atoms with E-state index in [2.05, 4.69) is 27.7 Å². The van der Waals surface area contributed by atoms with Crippen molar-refractivity contribution in [1.29, 1.82) is 0 Å². The molecule has 43 atom stereocenters. The molecule has 19 N–H and O–H groups in total. The maximum Gasteiger partial charge on any atom is 0.187 e. The lowest BCUT2D eigenvalue weighted by molar-refractivity contribution is -0.414. The Morgan fingerprint density at radius 2 is 0.907 bits per heavy atom. The molecule has 12 fully saturated rings. The Balaban J connectivity index is 0.772. The first-order valence-electron chi connectivity index (χ1n) is 34.3. The maximum absolute atomic E-state index is 14.9. The lowest BCUT2D eigenvalue weighted by Crippen LogP contribution is -2.69. The van der Waals surface area contributed by atoms with Gasteiger partial charge in [-0.3, -0.25) is 4.79 Å². The van der Waals surface area contributed by atoms with Gasteiger partial charge in [0.25, 0.3) is 0 Å². The quantitative estimate of drug-likeness (QED) is 0.0602. The van der Waals surface area contributed by atoms with Gasteiger partial charge in [0.05, 0.1) is 64.1 Å². The third kappa shape index (κ3) is 13.2. The minimum absolute atomic E-state index is 0.00137. The maximum atomic E-state index is 14.9. The highest BCUT2D eigenvalue weighted by molar-refractivity contribution is 5.87. The Kier molecular flexibility index (Phi) is 22.7. The predicted octanol–water partition coefficient (Wildman–Crippen LogP) is -8.08. The average molecular weight is 1400 g/mol. The molecular weight excluding hydrogens is 1300 g/mol. The number of aliphatic hydroxyl groups is 19. The van der Waals surface area contributed by atoms with Gasteiger partial charge in [0, 0.05) is 30.1 Å². The smallest absolute Gasteiger partial charge is 0.187 e. The second-order valence-corrected chi connectivity index (χ2v) is 29.9. The van der Waals surface area contributed by atoms with Crippen molar-refractivity contribution < 1.29 is 168 Å². The molecule has 0 amide bonds. The number of hydrogen-bond donors (Lipinski definition) is 19. The van der Waals surface area contributed by atoms with Gasteiger partial charge >= 0.3 is 0 Å². The molecule has 4 aliphatic carbocycles. The van der Waals surface area contributed by atoms with Crippen molar-refractivity contribution in [3.8, 4) is 0 Å². The summed E-state index contributed by atoms with van der Waals surface area (Å²) < 4.78 is 85.1. The Morgan fingerprint density at radius 1 is 0.433 bits per heavy atom. The number of carbonyl (C=O) groups excluding carboxylic acids is 1. The van der Waals surface area contributed by atoms with E-state index >= 15 is 0 Å². The number of rotatable bonds is 17. The van der Waals surface area contributed by atoms with Gasteiger partial charge in [-0.05, 0) is 80.5 Å². The van der Waals surface area contributed by atoms with Crippen LogP contribution in [-0.4, -0.2) is 351 Å². The van der Waals surface area contributed by atoms with Gasteiger partial charge in [-0.15, -0.1) is 0 Å². The Labute approximate surface area is 558 Å². The summed E-state index contributed by atoms with van der Waals surface area (Å²) in [5.41, 5.74) is -1.17. The zero-order chi connectivity index (χ0) is 70.0. The van der Waals surface area contributed by atoms with Crippen LogP contribution in [0.4, 0.5) is 0 Å². The topological polar surface area (TPSA) is 531 Å². The first kappa shape index (κ1) is 75.0. The predicted molar refractivity (Wildman–Crippen MR) is 314 cm³/mol. The summed E-state index contributed by atoms with van der Waals surface area (Å²) in [7, 11) is 0. The molecule has 0 aromatic heterocycles. The molecule has 8 saturated heterocycles. The Hall–Kier alpha value is -1.65. The van der Waals surface area contributed by atoms with Crippen molar-refractivity contribution in [2.45, 2.75) is 294 Å². The second-order valence-electron chi connectivity index (χ2n) is 29.9. The molecule has 1 spiro atoms. The van der Waals surface area contributed by atoms with Crippen LogP contribution >= 0.6 is 0 Å². The standard InChI is InChI=1S/C63H102O34/c1-20-6-9-63(84-19-20)21(2)36-29(97-63)12-26-24-11-28(69)27-10-23(7-8-61(27,4)25(24)13-35(70)62(26,36)5)86-56-47(81)43(77)51(34(18-68)90-56)93-60-54(96-59-49(83)52(39(73)31(15-65)88-59)94-57-46(80)42(76)38(72)30(14-64)87-57)53(40(74)32(16-66)89-60)95-58-48(82)44(78)50(33(17-67)91-58)92-55-45(79)41(75)37(71)22(3)85-55/h20-34,36-60,64-69,71-83H,6-19H2,1-5H3/t20-,21+,22+,23+,24-,25+,26+,27-,28+,29+,30-,31-,32-,33-,34-,36+,37+,38-,39-,40-,41-,42+,43-,44-,45-,46-,47-,48-,49-,50-,51+,52+,53+,54-,55+,56-,57+,58+,59+,60+,61-,62-,63-/m1/s1. The first-order chi connectivity index (χ1) is 46.0. The molecule has 34 heteroatoms. The summed E-state index contributed by atoms with van der Waals surface area (Å²) >= 11 is 0. The fourth-order valence-corrected chi connectivity index (χ4v) is 18.8. The molecule has 0 aromatic rings. The number of carbonyl (C=O) groups is 1. The lowest BCUT2D eigenvalue weighted by atomic mass is 9.43. The summed E-state index contributed by atoms with van der Waals surface area (Å²) in [5, 5.41) is 212. The fraction of sp³-hybridized carbons (Fsp3) is 0.984. The number of ether oxygens (including phenoxy) is 14. The van der Waals surface area contributed by atoms with Crippen molar-refractivity contribution in [3.05, 3.63) is 0 Å².